The van der Waals surface area contributed by atoms with E-state index >= 15 is 0 Å². The van der Waals surface area contributed by atoms with Crippen LogP contribution in [0.1, 0.15) is 48.8 Å². The lowest BCUT2D eigenvalue weighted by Gasteiger charge is -2.44. The Morgan fingerprint density at radius 3 is 2.86 bits per heavy atom. The molecule has 2 aliphatic rings. The van der Waals surface area contributed by atoms with E-state index in [2.05, 4.69) is 49.1 Å². The minimum atomic E-state index is 0.308. The molecule has 3 rings (SSSR count). The number of hydrogen-bond acceptors (Lipinski definition) is 1. The molecule has 1 fully saturated rings. The number of piperidine rings is 1. The molecule has 1 amide bonds. The summed E-state index contributed by atoms with van der Waals surface area (Å²) in [5, 5.41) is 0. The maximum absolute atomic E-state index is 12.8. The zero-order valence-corrected chi connectivity index (χ0v) is 13.9. The number of allylic oxidation sites excluding steroid dienone is 2. The van der Waals surface area contributed by atoms with E-state index < -0.39 is 0 Å². The van der Waals surface area contributed by atoms with E-state index in [0.717, 1.165) is 25.9 Å². The highest BCUT2D eigenvalue weighted by Crippen LogP contribution is 2.40. The average Bonchev–Trinajstić information content (AvgIpc) is 2.52. The number of aryl methyl sites for hydroxylation is 2. The molecule has 1 saturated heterocycles. The first-order valence-corrected chi connectivity index (χ1v) is 8.57. The molecule has 2 nitrogen and oxygen atoms in total. The lowest BCUT2D eigenvalue weighted by molar-refractivity contribution is -0.134. The molecule has 0 unspecified atom stereocenters. The van der Waals surface area contributed by atoms with E-state index in [9.17, 15) is 4.79 Å². The van der Waals surface area contributed by atoms with Crippen LogP contribution in [-0.4, -0.2) is 23.9 Å². The van der Waals surface area contributed by atoms with Crippen molar-refractivity contribution in [2.24, 2.45) is 5.41 Å². The summed E-state index contributed by atoms with van der Waals surface area (Å²) in [7, 11) is 0. The van der Waals surface area contributed by atoms with Gasteiger partial charge in [-0.1, -0.05) is 35.9 Å². The van der Waals surface area contributed by atoms with Gasteiger partial charge in [-0.25, -0.2) is 0 Å². The third kappa shape index (κ3) is 3.26. The van der Waals surface area contributed by atoms with Gasteiger partial charge < -0.3 is 4.90 Å². The molecule has 118 valence electrons. The van der Waals surface area contributed by atoms with Crippen LogP contribution in [0, 0.1) is 19.3 Å². The summed E-state index contributed by atoms with van der Waals surface area (Å²) in [5.41, 5.74) is 4.02. The van der Waals surface area contributed by atoms with Crippen molar-refractivity contribution in [2.75, 3.05) is 13.1 Å². The summed E-state index contributed by atoms with van der Waals surface area (Å²) in [6, 6.07) is 6.41. The Balaban J connectivity index is 1.69. The van der Waals surface area contributed by atoms with Crippen LogP contribution in [0.5, 0.6) is 0 Å². The molecule has 0 bridgehead atoms. The van der Waals surface area contributed by atoms with E-state index in [1.807, 2.05) is 0 Å². The summed E-state index contributed by atoms with van der Waals surface area (Å²) in [6.45, 7) is 6.10. The zero-order chi connectivity index (χ0) is 15.6. The van der Waals surface area contributed by atoms with Crippen molar-refractivity contribution >= 4 is 5.91 Å². The van der Waals surface area contributed by atoms with Crippen LogP contribution in [0.25, 0.3) is 0 Å². The Labute approximate surface area is 134 Å². The van der Waals surface area contributed by atoms with Crippen LogP contribution in [0.15, 0.2) is 30.4 Å². The molecule has 0 saturated carbocycles. The highest BCUT2D eigenvalue weighted by atomic mass is 16.2. The van der Waals surface area contributed by atoms with Crippen molar-refractivity contribution in [3.8, 4) is 0 Å². The summed E-state index contributed by atoms with van der Waals surface area (Å²) in [4.78, 5) is 14.9. The largest absolute Gasteiger partial charge is 0.342 e. The lowest BCUT2D eigenvalue weighted by Crippen LogP contribution is -2.47. The molecule has 0 aromatic heterocycles. The quantitative estimate of drug-likeness (QED) is 0.749. The number of hydrogen-bond donors (Lipinski definition) is 0. The van der Waals surface area contributed by atoms with Crippen LogP contribution in [0.3, 0.4) is 0 Å². The molecule has 1 aliphatic heterocycles. The van der Waals surface area contributed by atoms with Crippen LogP contribution >= 0.6 is 0 Å². The monoisotopic (exact) mass is 297 g/mol. The van der Waals surface area contributed by atoms with Gasteiger partial charge in [-0.05, 0) is 62.5 Å². The van der Waals surface area contributed by atoms with E-state index in [1.165, 1.54) is 36.0 Å². The van der Waals surface area contributed by atoms with Crippen molar-refractivity contribution in [2.45, 2.75) is 52.4 Å². The Morgan fingerprint density at radius 2 is 2.09 bits per heavy atom. The topological polar surface area (TPSA) is 20.3 Å². The van der Waals surface area contributed by atoms with Crippen LogP contribution < -0.4 is 0 Å². The van der Waals surface area contributed by atoms with Gasteiger partial charge in [0, 0.05) is 13.1 Å². The second kappa shape index (κ2) is 6.28. The summed E-state index contributed by atoms with van der Waals surface area (Å²) >= 11 is 0. The SMILES string of the molecule is Cc1ccc(C)c(CC(=O)N2CCC[C@]3(CC=CCC3)C2)c1. The van der Waals surface area contributed by atoms with Crippen LogP contribution in [0.4, 0.5) is 0 Å². The van der Waals surface area contributed by atoms with Crippen molar-refractivity contribution < 1.29 is 4.79 Å². The predicted octanol–water partition coefficient (Wildman–Crippen LogP) is 4.19. The summed E-state index contributed by atoms with van der Waals surface area (Å²) in [5.74, 6) is 0.308. The Bertz CT molecular complexity index is 589. The van der Waals surface area contributed by atoms with Crippen LogP contribution in [-0.2, 0) is 11.2 Å². The minimum absolute atomic E-state index is 0.308. The number of benzene rings is 1. The highest BCUT2D eigenvalue weighted by Gasteiger charge is 2.36. The Hall–Kier alpha value is -1.57. The molecule has 1 atom stereocenters. The predicted molar refractivity (Wildman–Crippen MR) is 90.9 cm³/mol. The summed E-state index contributed by atoms with van der Waals surface area (Å²) in [6.07, 6.45) is 11.2. The minimum Gasteiger partial charge on any atom is -0.342 e. The number of rotatable bonds is 2. The number of carbonyl (C=O) groups excluding carboxylic acids is 1. The standard InChI is InChI=1S/C20H27NO/c1-16-7-8-17(2)18(13-16)14-19(22)21-12-6-11-20(15-21)9-4-3-5-10-20/h3-4,7-8,13H,5-6,9-12,14-15H2,1-2H3/t20-/m1/s1. The smallest absolute Gasteiger partial charge is 0.227 e. The normalized spacial score (nSPS) is 24.7. The van der Waals surface area contributed by atoms with Gasteiger partial charge in [0.25, 0.3) is 0 Å². The molecule has 1 heterocycles. The molecule has 22 heavy (non-hydrogen) atoms. The van der Waals surface area contributed by atoms with Gasteiger partial charge in [0.05, 0.1) is 6.42 Å². The first-order chi connectivity index (χ1) is 10.6. The van der Waals surface area contributed by atoms with Crippen molar-refractivity contribution in [3.63, 3.8) is 0 Å². The fourth-order valence-corrected chi connectivity index (χ4v) is 4.00. The Kier molecular flexibility index (Phi) is 4.37. The van der Waals surface area contributed by atoms with E-state index in [4.69, 9.17) is 0 Å². The third-order valence-corrected chi connectivity index (χ3v) is 5.42. The van der Waals surface area contributed by atoms with E-state index in [1.54, 1.807) is 0 Å². The fourth-order valence-electron chi connectivity index (χ4n) is 4.00. The number of likely N-dealkylation sites (tertiary alicyclic amines) is 1. The third-order valence-electron chi connectivity index (χ3n) is 5.42. The molecular formula is C20H27NO. The number of amides is 1. The maximum atomic E-state index is 12.8. The Morgan fingerprint density at radius 1 is 1.23 bits per heavy atom. The highest BCUT2D eigenvalue weighted by molar-refractivity contribution is 5.79. The van der Waals surface area contributed by atoms with E-state index in [0.29, 0.717) is 17.7 Å². The molecule has 0 N–H and O–H groups in total. The van der Waals surface area contributed by atoms with Crippen molar-refractivity contribution in [3.05, 3.63) is 47.0 Å². The van der Waals surface area contributed by atoms with Gasteiger partial charge >= 0.3 is 0 Å². The number of carbonyl (C=O) groups is 1. The molecular weight excluding hydrogens is 270 g/mol. The maximum Gasteiger partial charge on any atom is 0.227 e. The molecule has 1 aromatic rings. The fraction of sp³-hybridized carbons (Fsp3) is 0.550. The second-order valence-electron chi connectivity index (χ2n) is 7.24. The van der Waals surface area contributed by atoms with Gasteiger partial charge in [-0.2, -0.15) is 0 Å². The second-order valence-corrected chi connectivity index (χ2v) is 7.24. The molecule has 2 heteroatoms. The molecule has 1 aromatic carbocycles. The van der Waals surface area contributed by atoms with Gasteiger partial charge in [-0.3, -0.25) is 4.79 Å². The van der Waals surface area contributed by atoms with Crippen molar-refractivity contribution in [1.82, 2.24) is 4.90 Å². The first kappa shape index (κ1) is 15.3. The number of nitrogens with zero attached hydrogens (tertiary/aromatic N) is 1. The molecule has 0 radical (unpaired) electrons. The van der Waals surface area contributed by atoms with Gasteiger partial charge in [-0.15, -0.1) is 0 Å². The first-order valence-electron chi connectivity index (χ1n) is 8.57. The van der Waals surface area contributed by atoms with Gasteiger partial charge in [0.1, 0.15) is 0 Å². The molecule has 1 aliphatic carbocycles. The van der Waals surface area contributed by atoms with Gasteiger partial charge in [0.2, 0.25) is 5.91 Å². The van der Waals surface area contributed by atoms with Gasteiger partial charge in [0.15, 0.2) is 0 Å². The zero-order valence-electron chi connectivity index (χ0n) is 13.9. The molecule has 1 spiro atoms. The summed E-state index contributed by atoms with van der Waals surface area (Å²) < 4.78 is 0. The lowest BCUT2D eigenvalue weighted by atomic mass is 9.71. The van der Waals surface area contributed by atoms with Crippen molar-refractivity contribution in [1.29, 1.82) is 0 Å². The van der Waals surface area contributed by atoms with E-state index in [-0.39, 0.29) is 0 Å². The van der Waals surface area contributed by atoms with Crippen LogP contribution in [0.2, 0.25) is 0 Å². The average molecular weight is 297 g/mol.